The fourth-order valence-electron chi connectivity index (χ4n) is 2.43. The molecule has 1 aliphatic rings. The van der Waals surface area contributed by atoms with Crippen molar-refractivity contribution in [2.24, 2.45) is 0 Å². The Morgan fingerprint density at radius 2 is 2.10 bits per heavy atom. The van der Waals surface area contributed by atoms with E-state index in [1.807, 2.05) is 23.1 Å². The number of thioether (sulfide) groups is 1. The first-order valence-electron chi connectivity index (χ1n) is 7.09. The van der Waals surface area contributed by atoms with Crippen LogP contribution in [0.25, 0.3) is 10.9 Å². The predicted octanol–water partition coefficient (Wildman–Crippen LogP) is 2.49. The van der Waals surface area contributed by atoms with Crippen molar-refractivity contribution < 1.29 is 9.53 Å². The Kier molecular flexibility index (Phi) is 4.41. The number of aryl methyl sites for hydroxylation is 1. The van der Waals surface area contributed by atoms with Crippen molar-refractivity contribution in [3.63, 3.8) is 0 Å². The van der Waals surface area contributed by atoms with Crippen LogP contribution in [0.3, 0.4) is 0 Å². The van der Waals surface area contributed by atoms with Gasteiger partial charge in [0.1, 0.15) is 0 Å². The molecular formula is C16H18N2O2S. The molecule has 0 spiro atoms. The van der Waals surface area contributed by atoms with Crippen LogP contribution in [0.4, 0.5) is 0 Å². The highest BCUT2D eigenvalue weighted by Gasteiger charge is 2.17. The average Bonchev–Trinajstić information content (AvgIpc) is 2.53. The highest BCUT2D eigenvalue weighted by Crippen LogP contribution is 2.23. The minimum Gasteiger partial charge on any atom is -0.378 e. The predicted molar refractivity (Wildman–Crippen MR) is 84.6 cm³/mol. The summed E-state index contributed by atoms with van der Waals surface area (Å²) in [5.74, 6) is 0.598. The maximum absolute atomic E-state index is 12.1. The lowest BCUT2D eigenvalue weighted by molar-refractivity contribution is -0.132. The van der Waals surface area contributed by atoms with E-state index in [1.165, 1.54) is 22.7 Å². The number of hydrogen-bond donors (Lipinski definition) is 0. The number of rotatable bonds is 3. The smallest absolute Gasteiger partial charge is 0.233 e. The van der Waals surface area contributed by atoms with Crippen molar-refractivity contribution in [1.82, 2.24) is 9.88 Å². The van der Waals surface area contributed by atoms with Gasteiger partial charge in [-0.15, -0.1) is 0 Å². The highest BCUT2D eigenvalue weighted by molar-refractivity contribution is 7.99. The number of carbonyl (C=O) groups is 1. The zero-order valence-electron chi connectivity index (χ0n) is 12.0. The molecule has 4 nitrogen and oxygen atoms in total. The second kappa shape index (κ2) is 6.45. The van der Waals surface area contributed by atoms with Crippen LogP contribution in [0.15, 0.2) is 35.4 Å². The van der Waals surface area contributed by atoms with Crippen molar-refractivity contribution in [2.45, 2.75) is 11.9 Å². The van der Waals surface area contributed by atoms with Crippen molar-refractivity contribution in [3.05, 3.63) is 35.9 Å². The molecule has 0 N–H and O–H groups in total. The van der Waals surface area contributed by atoms with Crippen LogP contribution in [-0.4, -0.2) is 47.8 Å². The minimum absolute atomic E-state index is 0.163. The van der Waals surface area contributed by atoms with Gasteiger partial charge < -0.3 is 9.64 Å². The maximum Gasteiger partial charge on any atom is 0.233 e. The second-order valence-corrected chi connectivity index (χ2v) is 6.07. The quantitative estimate of drug-likeness (QED) is 0.817. The molecule has 0 atom stereocenters. The van der Waals surface area contributed by atoms with Crippen LogP contribution in [0.1, 0.15) is 5.56 Å². The Hall–Kier alpha value is -1.59. The van der Waals surface area contributed by atoms with Crippen LogP contribution < -0.4 is 0 Å². The number of aromatic nitrogens is 1. The number of morpholine rings is 1. The molecule has 2 aromatic rings. The zero-order chi connectivity index (χ0) is 14.7. The van der Waals surface area contributed by atoms with Gasteiger partial charge in [0.25, 0.3) is 0 Å². The van der Waals surface area contributed by atoms with Crippen LogP contribution in [-0.2, 0) is 9.53 Å². The number of amides is 1. The van der Waals surface area contributed by atoms with E-state index >= 15 is 0 Å². The van der Waals surface area contributed by atoms with E-state index in [0.29, 0.717) is 32.1 Å². The van der Waals surface area contributed by atoms with Gasteiger partial charge in [-0.25, -0.2) is 4.98 Å². The van der Waals surface area contributed by atoms with E-state index in [-0.39, 0.29) is 5.91 Å². The number of para-hydroxylation sites is 1. The Morgan fingerprint density at radius 1 is 1.33 bits per heavy atom. The molecule has 1 aromatic carbocycles. The zero-order valence-corrected chi connectivity index (χ0v) is 12.9. The molecular weight excluding hydrogens is 284 g/mol. The van der Waals surface area contributed by atoms with Gasteiger partial charge in [0.2, 0.25) is 5.91 Å². The van der Waals surface area contributed by atoms with E-state index in [9.17, 15) is 4.79 Å². The molecule has 2 heterocycles. The lowest BCUT2D eigenvalue weighted by Gasteiger charge is -2.26. The summed E-state index contributed by atoms with van der Waals surface area (Å²) < 4.78 is 5.26. The number of carbonyl (C=O) groups excluding carboxylic acids is 1. The van der Waals surface area contributed by atoms with Gasteiger partial charge in [-0.3, -0.25) is 4.79 Å². The third-order valence-corrected chi connectivity index (χ3v) is 4.50. The number of pyridine rings is 1. The molecule has 0 unspecified atom stereocenters. The monoisotopic (exact) mass is 302 g/mol. The van der Waals surface area contributed by atoms with E-state index in [2.05, 4.69) is 24.0 Å². The first kappa shape index (κ1) is 14.4. The number of fused-ring (bicyclic) bond motifs is 1. The van der Waals surface area contributed by atoms with Crippen LogP contribution >= 0.6 is 11.8 Å². The summed E-state index contributed by atoms with van der Waals surface area (Å²) in [4.78, 5) is 18.6. The highest BCUT2D eigenvalue weighted by atomic mass is 32.2. The molecule has 21 heavy (non-hydrogen) atoms. The fourth-order valence-corrected chi connectivity index (χ4v) is 3.31. The van der Waals surface area contributed by atoms with Crippen LogP contribution in [0, 0.1) is 6.92 Å². The van der Waals surface area contributed by atoms with Gasteiger partial charge in [0.05, 0.1) is 29.5 Å². The second-order valence-electron chi connectivity index (χ2n) is 5.08. The molecule has 3 rings (SSSR count). The summed E-state index contributed by atoms with van der Waals surface area (Å²) in [6, 6.07) is 10.1. The Morgan fingerprint density at radius 3 is 2.90 bits per heavy atom. The van der Waals surface area contributed by atoms with E-state index in [0.717, 1.165) is 10.5 Å². The normalized spacial score (nSPS) is 15.4. The fraction of sp³-hybridized carbons (Fsp3) is 0.375. The first-order valence-corrected chi connectivity index (χ1v) is 8.07. The lowest BCUT2D eigenvalue weighted by atomic mass is 10.1. The van der Waals surface area contributed by atoms with Crippen molar-refractivity contribution in [1.29, 1.82) is 0 Å². The molecule has 0 radical (unpaired) electrons. The Bertz CT molecular complexity index is 654. The standard InChI is InChI=1S/C16H18N2O2S/c1-12-10-15(17-14-5-3-2-4-13(12)14)21-11-16(19)18-6-8-20-9-7-18/h2-5,10H,6-9,11H2,1H3. The lowest BCUT2D eigenvalue weighted by Crippen LogP contribution is -2.41. The van der Waals surface area contributed by atoms with Crippen molar-refractivity contribution in [3.8, 4) is 0 Å². The van der Waals surface area contributed by atoms with Gasteiger partial charge in [-0.05, 0) is 24.6 Å². The largest absolute Gasteiger partial charge is 0.378 e. The number of hydrogen-bond acceptors (Lipinski definition) is 4. The summed E-state index contributed by atoms with van der Waals surface area (Å²) in [6.45, 7) is 4.76. The summed E-state index contributed by atoms with van der Waals surface area (Å²) >= 11 is 1.51. The average molecular weight is 302 g/mol. The summed E-state index contributed by atoms with van der Waals surface area (Å²) in [5, 5.41) is 2.08. The van der Waals surface area contributed by atoms with Crippen LogP contribution in [0.2, 0.25) is 0 Å². The third kappa shape index (κ3) is 3.36. The maximum atomic E-state index is 12.1. The SMILES string of the molecule is Cc1cc(SCC(=O)N2CCOCC2)nc2ccccc12. The molecule has 1 saturated heterocycles. The Labute approximate surface area is 128 Å². The molecule has 110 valence electrons. The summed E-state index contributed by atoms with van der Waals surface area (Å²) in [5.41, 5.74) is 2.18. The summed E-state index contributed by atoms with van der Waals surface area (Å²) in [6.07, 6.45) is 0. The summed E-state index contributed by atoms with van der Waals surface area (Å²) in [7, 11) is 0. The van der Waals surface area contributed by atoms with E-state index in [1.54, 1.807) is 0 Å². The number of nitrogens with zero attached hydrogens (tertiary/aromatic N) is 2. The van der Waals surface area contributed by atoms with E-state index in [4.69, 9.17) is 4.74 Å². The van der Waals surface area contributed by atoms with Gasteiger partial charge in [-0.2, -0.15) is 0 Å². The van der Waals surface area contributed by atoms with Crippen LogP contribution in [0.5, 0.6) is 0 Å². The van der Waals surface area contributed by atoms with Gasteiger partial charge in [-0.1, -0.05) is 30.0 Å². The molecule has 0 saturated carbocycles. The molecule has 1 aromatic heterocycles. The van der Waals surface area contributed by atoms with Gasteiger partial charge in [0, 0.05) is 18.5 Å². The van der Waals surface area contributed by atoms with Crippen molar-refractivity contribution in [2.75, 3.05) is 32.1 Å². The third-order valence-electron chi connectivity index (χ3n) is 3.61. The molecule has 1 amide bonds. The molecule has 1 aliphatic heterocycles. The molecule has 0 aliphatic carbocycles. The minimum atomic E-state index is 0.163. The number of benzene rings is 1. The van der Waals surface area contributed by atoms with Gasteiger partial charge in [0.15, 0.2) is 0 Å². The molecule has 1 fully saturated rings. The Balaban J connectivity index is 1.69. The van der Waals surface area contributed by atoms with E-state index < -0.39 is 0 Å². The number of ether oxygens (including phenoxy) is 1. The van der Waals surface area contributed by atoms with Gasteiger partial charge >= 0.3 is 0 Å². The molecule has 5 heteroatoms. The first-order chi connectivity index (χ1) is 10.2. The van der Waals surface area contributed by atoms with Crippen molar-refractivity contribution >= 4 is 28.6 Å². The topological polar surface area (TPSA) is 42.4 Å². The molecule has 0 bridgehead atoms.